The van der Waals surface area contributed by atoms with Crippen LogP contribution in [0.5, 0.6) is 0 Å². The Morgan fingerprint density at radius 1 is 1.22 bits per heavy atom. The highest BCUT2D eigenvalue weighted by Crippen LogP contribution is 2.34. The monoisotopic (exact) mass is 244 g/mol. The van der Waals surface area contributed by atoms with Gasteiger partial charge < -0.3 is 5.32 Å². The molecule has 3 rings (SSSR count). The van der Waals surface area contributed by atoms with Crippen LogP contribution in [-0.2, 0) is 0 Å². The topological polar surface area (TPSA) is 15.3 Å². The van der Waals surface area contributed by atoms with Crippen LogP contribution >= 0.6 is 0 Å². The van der Waals surface area contributed by atoms with Crippen LogP contribution in [0.2, 0.25) is 0 Å². The smallest absolute Gasteiger partial charge is 0.0323 e. The molecule has 1 aromatic carbocycles. The Morgan fingerprint density at radius 2 is 2.00 bits per heavy atom. The zero-order valence-corrected chi connectivity index (χ0v) is 11.3. The normalized spacial score (nSPS) is 25.6. The van der Waals surface area contributed by atoms with Crippen molar-refractivity contribution in [2.75, 3.05) is 13.1 Å². The third-order valence-corrected chi connectivity index (χ3v) is 4.39. The van der Waals surface area contributed by atoms with Gasteiger partial charge in [0.2, 0.25) is 0 Å². The average molecular weight is 244 g/mol. The number of rotatable bonds is 5. The first-order chi connectivity index (χ1) is 8.84. The van der Waals surface area contributed by atoms with E-state index in [4.69, 9.17) is 0 Å². The zero-order chi connectivity index (χ0) is 12.4. The Kier molecular flexibility index (Phi) is 3.67. The summed E-state index contributed by atoms with van der Waals surface area (Å²) >= 11 is 0. The second-order valence-electron chi connectivity index (χ2n) is 5.81. The molecular formula is C16H24N2. The summed E-state index contributed by atoms with van der Waals surface area (Å²) in [4.78, 5) is 2.72. The van der Waals surface area contributed by atoms with Crippen LogP contribution in [0.1, 0.15) is 44.2 Å². The highest BCUT2D eigenvalue weighted by atomic mass is 15.2. The minimum Gasteiger partial charge on any atom is -0.313 e. The molecule has 2 fully saturated rings. The molecule has 0 radical (unpaired) electrons. The minimum absolute atomic E-state index is 0.557. The molecule has 2 aliphatic rings. The van der Waals surface area contributed by atoms with Crippen LogP contribution in [0.15, 0.2) is 30.3 Å². The maximum absolute atomic E-state index is 3.63. The van der Waals surface area contributed by atoms with Gasteiger partial charge in [-0.05, 0) is 44.7 Å². The summed E-state index contributed by atoms with van der Waals surface area (Å²) in [5.41, 5.74) is 1.46. The summed E-state index contributed by atoms with van der Waals surface area (Å²) in [7, 11) is 0. The van der Waals surface area contributed by atoms with Crippen molar-refractivity contribution < 1.29 is 0 Å². The van der Waals surface area contributed by atoms with Gasteiger partial charge in [0.25, 0.3) is 0 Å². The number of hydrogen-bond acceptors (Lipinski definition) is 2. The van der Waals surface area contributed by atoms with E-state index in [1.807, 2.05) is 0 Å². The van der Waals surface area contributed by atoms with Crippen LogP contribution in [0, 0.1) is 0 Å². The van der Waals surface area contributed by atoms with Gasteiger partial charge >= 0.3 is 0 Å². The second kappa shape index (κ2) is 5.41. The molecule has 18 heavy (non-hydrogen) atoms. The SMILES string of the molecule is CC(c1ccccc1)N(CC1CCCN1)C1CC1. The molecule has 1 aliphatic heterocycles. The van der Waals surface area contributed by atoms with Crippen molar-refractivity contribution >= 4 is 0 Å². The summed E-state index contributed by atoms with van der Waals surface area (Å²) in [5.74, 6) is 0. The van der Waals surface area contributed by atoms with Gasteiger partial charge in [0.05, 0.1) is 0 Å². The van der Waals surface area contributed by atoms with Gasteiger partial charge in [-0.1, -0.05) is 30.3 Å². The van der Waals surface area contributed by atoms with Crippen molar-refractivity contribution in [1.29, 1.82) is 0 Å². The maximum Gasteiger partial charge on any atom is 0.0323 e. The lowest BCUT2D eigenvalue weighted by Gasteiger charge is -2.32. The van der Waals surface area contributed by atoms with Crippen LogP contribution < -0.4 is 5.32 Å². The molecule has 1 aromatic rings. The Morgan fingerprint density at radius 3 is 2.61 bits per heavy atom. The number of hydrogen-bond donors (Lipinski definition) is 1. The van der Waals surface area contributed by atoms with Gasteiger partial charge in [0, 0.05) is 24.7 Å². The van der Waals surface area contributed by atoms with Gasteiger partial charge in [-0.15, -0.1) is 0 Å². The largest absolute Gasteiger partial charge is 0.313 e. The van der Waals surface area contributed by atoms with Gasteiger partial charge in [0.15, 0.2) is 0 Å². The van der Waals surface area contributed by atoms with E-state index in [1.165, 1.54) is 44.3 Å². The van der Waals surface area contributed by atoms with E-state index in [0.717, 1.165) is 12.1 Å². The molecule has 0 bridgehead atoms. The molecule has 0 amide bonds. The van der Waals surface area contributed by atoms with Crippen molar-refractivity contribution in [3.05, 3.63) is 35.9 Å². The first kappa shape index (κ1) is 12.2. The van der Waals surface area contributed by atoms with E-state index in [1.54, 1.807) is 0 Å². The van der Waals surface area contributed by atoms with Crippen molar-refractivity contribution in [2.24, 2.45) is 0 Å². The first-order valence-corrected chi connectivity index (χ1v) is 7.38. The van der Waals surface area contributed by atoms with Crippen LogP contribution in [0.25, 0.3) is 0 Å². The molecule has 98 valence electrons. The Hall–Kier alpha value is -0.860. The van der Waals surface area contributed by atoms with E-state index in [9.17, 15) is 0 Å². The fourth-order valence-corrected chi connectivity index (χ4v) is 3.12. The van der Waals surface area contributed by atoms with Gasteiger partial charge in [0.1, 0.15) is 0 Å². The number of nitrogens with one attached hydrogen (secondary N) is 1. The molecule has 0 aromatic heterocycles. The quantitative estimate of drug-likeness (QED) is 0.856. The van der Waals surface area contributed by atoms with E-state index in [0.29, 0.717) is 6.04 Å². The van der Waals surface area contributed by atoms with Crippen molar-refractivity contribution in [3.8, 4) is 0 Å². The molecule has 2 atom stereocenters. The molecule has 1 saturated carbocycles. The molecule has 2 nitrogen and oxygen atoms in total. The summed E-state index contributed by atoms with van der Waals surface area (Å²) in [5, 5.41) is 3.63. The van der Waals surface area contributed by atoms with Crippen molar-refractivity contribution in [1.82, 2.24) is 10.2 Å². The molecule has 2 heteroatoms. The molecule has 1 aliphatic carbocycles. The highest BCUT2D eigenvalue weighted by Gasteiger charge is 2.34. The third-order valence-electron chi connectivity index (χ3n) is 4.39. The van der Waals surface area contributed by atoms with E-state index in [2.05, 4.69) is 47.5 Å². The van der Waals surface area contributed by atoms with E-state index >= 15 is 0 Å². The Balaban J connectivity index is 1.68. The lowest BCUT2D eigenvalue weighted by Crippen LogP contribution is -2.40. The zero-order valence-electron chi connectivity index (χ0n) is 11.3. The van der Waals surface area contributed by atoms with E-state index < -0.39 is 0 Å². The van der Waals surface area contributed by atoms with Crippen molar-refractivity contribution in [2.45, 2.75) is 50.7 Å². The molecular weight excluding hydrogens is 220 g/mol. The van der Waals surface area contributed by atoms with E-state index in [-0.39, 0.29) is 0 Å². The summed E-state index contributed by atoms with van der Waals surface area (Å²) in [6.07, 6.45) is 5.49. The maximum atomic E-state index is 3.63. The van der Waals surface area contributed by atoms with Crippen LogP contribution in [-0.4, -0.2) is 30.1 Å². The average Bonchev–Trinajstić information content (AvgIpc) is 3.13. The summed E-state index contributed by atoms with van der Waals surface area (Å²) in [6.45, 7) is 4.80. The predicted octanol–water partition coefficient (Wildman–Crippen LogP) is 2.96. The van der Waals surface area contributed by atoms with Crippen molar-refractivity contribution in [3.63, 3.8) is 0 Å². The highest BCUT2D eigenvalue weighted by molar-refractivity contribution is 5.19. The molecule has 2 unspecified atom stereocenters. The standard InChI is InChI=1S/C16H24N2/c1-13(14-6-3-2-4-7-14)18(16-9-10-16)12-15-8-5-11-17-15/h2-4,6-7,13,15-17H,5,8-12H2,1H3. The third kappa shape index (κ3) is 2.76. The summed E-state index contributed by atoms with van der Waals surface area (Å²) in [6, 6.07) is 13.1. The second-order valence-corrected chi connectivity index (χ2v) is 5.81. The Labute approximate surface area is 110 Å². The fraction of sp³-hybridized carbons (Fsp3) is 0.625. The lowest BCUT2D eigenvalue weighted by atomic mass is 10.1. The fourth-order valence-electron chi connectivity index (χ4n) is 3.12. The predicted molar refractivity (Wildman–Crippen MR) is 75.6 cm³/mol. The van der Waals surface area contributed by atoms with Crippen LogP contribution in [0.4, 0.5) is 0 Å². The molecule has 1 N–H and O–H groups in total. The molecule has 1 heterocycles. The van der Waals surface area contributed by atoms with Gasteiger partial charge in [-0.2, -0.15) is 0 Å². The Bertz CT molecular complexity index is 366. The van der Waals surface area contributed by atoms with Gasteiger partial charge in [-0.3, -0.25) is 4.90 Å². The van der Waals surface area contributed by atoms with Gasteiger partial charge in [-0.25, -0.2) is 0 Å². The summed E-state index contributed by atoms with van der Waals surface area (Å²) < 4.78 is 0. The number of benzene rings is 1. The molecule has 1 saturated heterocycles. The first-order valence-electron chi connectivity index (χ1n) is 7.38. The number of nitrogens with zero attached hydrogens (tertiary/aromatic N) is 1. The van der Waals surface area contributed by atoms with Crippen LogP contribution in [0.3, 0.4) is 0 Å². The molecule has 0 spiro atoms. The lowest BCUT2D eigenvalue weighted by molar-refractivity contribution is 0.182. The minimum atomic E-state index is 0.557.